The molecule has 0 atom stereocenters. The number of aromatic nitrogens is 1. The summed E-state index contributed by atoms with van der Waals surface area (Å²) in [5, 5.41) is 2.18. The van der Waals surface area contributed by atoms with E-state index in [1.54, 1.807) is 0 Å². The Kier molecular flexibility index (Phi) is 8.19. The van der Waals surface area contributed by atoms with Gasteiger partial charge < -0.3 is 18.6 Å². The predicted octanol–water partition coefficient (Wildman–Crippen LogP) is 7.73. The van der Waals surface area contributed by atoms with Gasteiger partial charge in [0.05, 0.1) is 13.2 Å². The van der Waals surface area contributed by atoms with Crippen molar-refractivity contribution in [2.75, 3.05) is 13.2 Å². The van der Waals surface area contributed by atoms with Crippen molar-refractivity contribution in [3.63, 3.8) is 0 Å². The molecule has 0 aliphatic carbocycles. The molecule has 0 aliphatic heterocycles. The van der Waals surface area contributed by atoms with E-state index in [0.29, 0.717) is 37.7 Å². The number of fused-ring (bicyclic) bond motifs is 2. The Hall–Kier alpha value is -4.32. The number of rotatable bonds is 12. The second-order valence-electron chi connectivity index (χ2n) is 9.11. The topological polar surface area (TPSA) is 70.8 Å². The quantitative estimate of drug-likeness (QED) is 0.127. The fourth-order valence-corrected chi connectivity index (χ4v) is 4.28. The number of hydrogen-bond acceptors (Lipinski definition) is 6. The van der Waals surface area contributed by atoms with E-state index in [4.69, 9.17) is 18.6 Å². The predicted molar refractivity (Wildman–Crippen MR) is 148 cm³/mol. The van der Waals surface area contributed by atoms with Crippen LogP contribution in [0.4, 0.5) is 0 Å². The number of unbranched alkanes of at least 4 members (excludes halogenated alkanes) is 2. The van der Waals surface area contributed by atoms with Gasteiger partial charge >= 0.3 is 5.97 Å². The second kappa shape index (κ2) is 12.3. The molecule has 0 bridgehead atoms. The number of carbonyl (C=O) groups excluding carboxylic acids is 1. The maximum absolute atomic E-state index is 11.4. The lowest BCUT2D eigenvalue weighted by atomic mass is 10.1. The van der Waals surface area contributed by atoms with Crippen LogP contribution < -0.4 is 9.47 Å². The van der Waals surface area contributed by atoms with Gasteiger partial charge in [0.25, 0.3) is 0 Å². The Morgan fingerprint density at radius 1 is 0.816 bits per heavy atom. The van der Waals surface area contributed by atoms with Crippen LogP contribution in [0.2, 0.25) is 0 Å². The summed E-state index contributed by atoms with van der Waals surface area (Å²) in [7, 11) is 0. The van der Waals surface area contributed by atoms with Crippen LogP contribution in [0.15, 0.2) is 89.3 Å². The summed E-state index contributed by atoms with van der Waals surface area (Å²) in [6.07, 6.45) is 3.05. The van der Waals surface area contributed by atoms with Crippen molar-refractivity contribution < 1.29 is 23.4 Å². The molecule has 0 radical (unpaired) electrons. The third-order valence-corrected chi connectivity index (χ3v) is 6.27. The molecular weight excluding hydrogens is 478 g/mol. The highest BCUT2D eigenvalue weighted by Crippen LogP contribution is 2.30. The maximum atomic E-state index is 11.4. The zero-order chi connectivity index (χ0) is 26.2. The molecule has 0 saturated carbocycles. The lowest BCUT2D eigenvalue weighted by Gasteiger charge is -2.08. The third-order valence-electron chi connectivity index (χ3n) is 6.27. The van der Waals surface area contributed by atoms with Crippen LogP contribution in [0.1, 0.15) is 38.2 Å². The Bertz CT molecular complexity index is 1510. The molecule has 38 heavy (non-hydrogen) atoms. The molecule has 0 fully saturated rings. The summed E-state index contributed by atoms with van der Waals surface area (Å²) < 4.78 is 22.9. The lowest BCUT2D eigenvalue weighted by Crippen LogP contribution is -2.04. The highest BCUT2D eigenvalue weighted by molar-refractivity contribution is 5.88. The van der Waals surface area contributed by atoms with E-state index in [2.05, 4.69) is 41.4 Å². The fraction of sp³-hybridized carbons (Fsp3) is 0.250. The second-order valence-corrected chi connectivity index (χ2v) is 9.11. The summed E-state index contributed by atoms with van der Waals surface area (Å²) in [4.78, 5) is 16.1. The molecule has 4 aromatic carbocycles. The van der Waals surface area contributed by atoms with Gasteiger partial charge in [0, 0.05) is 18.1 Å². The van der Waals surface area contributed by atoms with Crippen molar-refractivity contribution in [1.29, 1.82) is 0 Å². The number of nitrogens with zero attached hydrogens (tertiary/aromatic N) is 1. The van der Waals surface area contributed by atoms with Crippen molar-refractivity contribution >= 4 is 27.8 Å². The largest absolute Gasteiger partial charge is 0.493 e. The number of ether oxygens (including phenoxy) is 3. The molecule has 6 nitrogen and oxygen atoms in total. The minimum Gasteiger partial charge on any atom is -0.493 e. The van der Waals surface area contributed by atoms with Crippen LogP contribution >= 0.6 is 0 Å². The van der Waals surface area contributed by atoms with Crippen LogP contribution in [-0.2, 0) is 16.1 Å². The zero-order valence-corrected chi connectivity index (χ0v) is 21.5. The molecule has 0 N–H and O–H groups in total. The van der Waals surface area contributed by atoms with Gasteiger partial charge in [0.15, 0.2) is 5.58 Å². The first-order valence-corrected chi connectivity index (χ1v) is 13.1. The van der Waals surface area contributed by atoms with Gasteiger partial charge in [-0.15, -0.1) is 0 Å². The van der Waals surface area contributed by atoms with Gasteiger partial charge in [-0.1, -0.05) is 42.5 Å². The number of carbonyl (C=O) groups is 1. The van der Waals surface area contributed by atoms with Crippen LogP contribution in [0.3, 0.4) is 0 Å². The van der Waals surface area contributed by atoms with E-state index in [0.717, 1.165) is 58.2 Å². The number of hydrogen-bond donors (Lipinski definition) is 0. The van der Waals surface area contributed by atoms with Gasteiger partial charge in [-0.25, -0.2) is 4.98 Å². The summed E-state index contributed by atoms with van der Waals surface area (Å²) in [5.74, 6) is 2.01. The van der Waals surface area contributed by atoms with Crippen molar-refractivity contribution in [2.24, 2.45) is 0 Å². The average Bonchev–Trinajstić information content (AvgIpc) is 3.38. The number of esters is 1. The normalized spacial score (nSPS) is 11.1. The molecule has 1 heterocycles. The first-order valence-electron chi connectivity index (χ1n) is 13.1. The molecule has 194 valence electrons. The first kappa shape index (κ1) is 25.3. The molecule has 6 heteroatoms. The molecular formula is C32H31NO5. The van der Waals surface area contributed by atoms with Gasteiger partial charge in [-0.05, 0) is 78.9 Å². The summed E-state index contributed by atoms with van der Waals surface area (Å²) in [6, 6.07) is 28.1. The molecule has 0 aliphatic rings. The highest BCUT2D eigenvalue weighted by Gasteiger charge is 2.11. The van der Waals surface area contributed by atoms with Gasteiger partial charge in [0.1, 0.15) is 23.6 Å². The molecule has 1 aromatic heterocycles. The van der Waals surface area contributed by atoms with E-state index in [9.17, 15) is 4.79 Å². The van der Waals surface area contributed by atoms with Gasteiger partial charge in [-0.2, -0.15) is 0 Å². The van der Waals surface area contributed by atoms with Crippen molar-refractivity contribution in [3.8, 4) is 23.0 Å². The smallest absolute Gasteiger partial charge is 0.305 e. The van der Waals surface area contributed by atoms with Crippen LogP contribution in [0, 0.1) is 0 Å². The van der Waals surface area contributed by atoms with E-state index in [1.165, 1.54) is 0 Å². The van der Waals surface area contributed by atoms with E-state index in [-0.39, 0.29) is 5.97 Å². The van der Waals surface area contributed by atoms with Crippen LogP contribution in [0.5, 0.6) is 11.5 Å². The molecule has 0 spiro atoms. The Morgan fingerprint density at radius 3 is 2.47 bits per heavy atom. The standard InChI is InChI=1S/C32H31NO5/c1-2-35-31(34)11-7-4-8-18-36-28-16-17-29-30(21-28)38-32(33-29)26-13-12-25-20-27(15-14-24(25)19-26)37-22-23-9-5-3-6-10-23/h3,5-6,9-10,12-17,19-21H,2,4,7-8,11,18,22H2,1H3. The summed E-state index contributed by atoms with van der Waals surface area (Å²) in [6.45, 7) is 3.37. The minimum absolute atomic E-state index is 0.135. The molecule has 0 amide bonds. The Labute approximate surface area is 222 Å². The van der Waals surface area contributed by atoms with Crippen molar-refractivity contribution in [3.05, 3.63) is 90.5 Å². The Morgan fingerprint density at radius 2 is 1.61 bits per heavy atom. The van der Waals surface area contributed by atoms with Gasteiger partial charge in [-0.3, -0.25) is 4.79 Å². The lowest BCUT2D eigenvalue weighted by molar-refractivity contribution is -0.143. The molecule has 5 rings (SSSR count). The van der Waals surface area contributed by atoms with Gasteiger partial charge in [0.2, 0.25) is 5.89 Å². The highest BCUT2D eigenvalue weighted by atomic mass is 16.5. The summed E-state index contributed by atoms with van der Waals surface area (Å²) in [5.41, 5.74) is 3.52. The number of oxazole rings is 1. The zero-order valence-electron chi connectivity index (χ0n) is 21.5. The number of benzene rings is 4. The van der Waals surface area contributed by atoms with Crippen LogP contribution in [0.25, 0.3) is 33.3 Å². The summed E-state index contributed by atoms with van der Waals surface area (Å²) >= 11 is 0. The van der Waals surface area contributed by atoms with E-state index < -0.39 is 0 Å². The maximum Gasteiger partial charge on any atom is 0.305 e. The van der Waals surface area contributed by atoms with Crippen LogP contribution in [-0.4, -0.2) is 24.2 Å². The molecule has 0 unspecified atom stereocenters. The average molecular weight is 510 g/mol. The van der Waals surface area contributed by atoms with Crippen molar-refractivity contribution in [1.82, 2.24) is 4.98 Å². The third kappa shape index (κ3) is 6.51. The Balaban J connectivity index is 1.19. The van der Waals surface area contributed by atoms with Crippen molar-refractivity contribution in [2.45, 2.75) is 39.2 Å². The fourth-order valence-electron chi connectivity index (χ4n) is 4.28. The minimum atomic E-state index is -0.135. The molecule has 5 aromatic rings. The molecule has 0 saturated heterocycles. The monoisotopic (exact) mass is 509 g/mol. The van der Waals surface area contributed by atoms with E-state index in [1.807, 2.05) is 55.5 Å². The first-order chi connectivity index (χ1) is 18.7. The SMILES string of the molecule is CCOC(=O)CCCCCOc1ccc2nc(-c3ccc4cc(OCc5ccccc5)ccc4c3)oc2c1. The van der Waals surface area contributed by atoms with E-state index >= 15 is 0 Å².